The Morgan fingerprint density at radius 2 is 0.923 bits per heavy atom. The highest BCUT2D eigenvalue weighted by atomic mass is 31.2. The molecule has 0 spiro atoms. The highest BCUT2D eigenvalue weighted by molar-refractivity contribution is 7.61. The van der Waals surface area contributed by atoms with E-state index in [0.717, 1.165) is 26.1 Å². The second kappa shape index (κ2) is 19.7. The number of rotatable bonds is 23. The summed E-state index contributed by atoms with van der Waals surface area (Å²) in [6.45, 7) is 4.99. The maximum Gasteiger partial charge on any atom is 0.358 e. The topological polar surface area (TPSA) is 96.3 Å². The number of nitrogens with zero attached hydrogens (tertiary/aromatic N) is 1. The molecule has 2 N–H and O–H groups in total. The highest BCUT2D eigenvalue weighted by Crippen LogP contribution is 2.41. The van der Waals surface area contributed by atoms with E-state index >= 15 is 0 Å². The van der Waals surface area contributed by atoms with Crippen molar-refractivity contribution in [3.8, 4) is 0 Å². The number of hydrogen-bond acceptors (Lipinski definition) is 5. The first-order chi connectivity index (χ1) is 18.8. The standard InChI is InChI=1S/C30H49NO6P2/c1-2-3-4-5-6-7-8-9-10-17-24-31(25-18-27-36-38(32,33)29-20-13-11-14-21-29)26-19-28-37-39(34,35)30-22-15-12-16-23-30/h11-16,20-23H,2-10,17-19,24-28H2,1H3,(H,32,33)(H,34,35). The van der Waals surface area contributed by atoms with Gasteiger partial charge >= 0.3 is 15.2 Å². The Bertz CT molecular complexity index is 908. The largest absolute Gasteiger partial charge is 0.358 e. The van der Waals surface area contributed by atoms with Crippen LogP contribution in [0.3, 0.4) is 0 Å². The molecule has 39 heavy (non-hydrogen) atoms. The zero-order chi connectivity index (χ0) is 28.2. The number of hydrogen-bond donors (Lipinski definition) is 2. The molecule has 2 rings (SSSR count). The smallest absolute Gasteiger partial charge is 0.321 e. The molecule has 0 aliphatic heterocycles. The van der Waals surface area contributed by atoms with Gasteiger partial charge in [0.1, 0.15) is 0 Å². The molecule has 2 aromatic carbocycles. The molecule has 0 saturated heterocycles. The van der Waals surface area contributed by atoms with Gasteiger partial charge in [0, 0.05) is 13.1 Å². The fourth-order valence-corrected chi connectivity index (χ4v) is 6.64. The normalized spacial score (nSPS) is 14.8. The SMILES string of the molecule is CCCCCCCCCCCCN(CCCOP(=O)(O)c1ccccc1)CCCOP(=O)(O)c1ccccc1. The first-order valence-corrected chi connectivity index (χ1v) is 17.8. The van der Waals surface area contributed by atoms with Crippen LogP contribution >= 0.6 is 15.2 Å². The molecule has 0 fully saturated rings. The summed E-state index contributed by atoms with van der Waals surface area (Å²) in [5.74, 6) is 0. The van der Waals surface area contributed by atoms with Gasteiger partial charge in [-0.05, 0) is 50.1 Å². The van der Waals surface area contributed by atoms with Gasteiger partial charge in [-0.2, -0.15) is 0 Å². The monoisotopic (exact) mass is 581 g/mol. The molecule has 0 aliphatic carbocycles. The minimum atomic E-state index is -3.82. The Labute approximate surface area is 236 Å². The Kier molecular flexibility index (Phi) is 17.1. The van der Waals surface area contributed by atoms with Gasteiger partial charge in [-0.25, -0.2) is 0 Å². The molecule has 2 unspecified atom stereocenters. The maximum absolute atomic E-state index is 12.5. The quantitative estimate of drug-likeness (QED) is 0.107. The average Bonchev–Trinajstić information content (AvgIpc) is 2.95. The molecule has 7 nitrogen and oxygen atoms in total. The van der Waals surface area contributed by atoms with Crippen molar-refractivity contribution in [2.24, 2.45) is 0 Å². The van der Waals surface area contributed by atoms with Crippen LogP contribution in [0.5, 0.6) is 0 Å². The lowest BCUT2D eigenvalue weighted by molar-refractivity contribution is 0.199. The summed E-state index contributed by atoms with van der Waals surface area (Å²) in [7, 11) is -7.64. The predicted octanol–water partition coefficient (Wildman–Crippen LogP) is 7.04. The first kappa shape index (κ1) is 33.9. The molecule has 9 heteroatoms. The van der Waals surface area contributed by atoms with Crippen LogP contribution in [0, 0.1) is 0 Å². The van der Waals surface area contributed by atoms with Gasteiger partial charge in [-0.3, -0.25) is 9.13 Å². The second-order valence-electron chi connectivity index (χ2n) is 10.1. The van der Waals surface area contributed by atoms with Crippen molar-refractivity contribution in [2.45, 2.75) is 84.0 Å². The Balaban J connectivity index is 1.73. The third kappa shape index (κ3) is 14.8. The van der Waals surface area contributed by atoms with Crippen molar-refractivity contribution in [1.82, 2.24) is 4.90 Å². The predicted molar refractivity (Wildman–Crippen MR) is 161 cm³/mol. The molecule has 0 heterocycles. The molecule has 220 valence electrons. The summed E-state index contributed by atoms with van der Waals surface area (Å²) in [4.78, 5) is 22.8. The summed E-state index contributed by atoms with van der Waals surface area (Å²) in [5, 5.41) is 0.604. The van der Waals surface area contributed by atoms with Crippen LogP contribution in [0.4, 0.5) is 0 Å². The van der Waals surface area contributed by atoms with E-state index in [4.69, 9.17) is 9.05 Å². The molecule has 0 aliphatic rings. The fraction of sp³-hybridized carbons (Fsp3) is 0.600. The van der Waals surface area contributed by atoms with Gasteiger partial charge in [-0.15, -0.1) is 0 Å². The molecular formula is C30H49NO6P2. The molecule has 2 aromatic rings. The van der Waals surface area contributed by atoms with Crippen molar-refractivity contribution in [3.63, 3.8) is 0 Å². The lowest BCUT2D eigenvalue weighted by atomic mass is 10.1. The maximum atomic E-state index is 12.5. The zero-order valence-corrected chi connectivity index (χ0v) is 25.5. The van der Waals surface area contributed by atoms with Crippen LogP contribution < -0.4 is 10.6 Å². The van der Waals surface area contributed by atoms with E-state index in [1.165, 1.54) is 57.8 Å². The van der Waals surface area contributed by atoms with Crippen LogP contribution in [0.15, 0.2) is 60.7 Å². The van der Waals surface area contributed by atoms with Crippen molar-refractivity contribution in [2.75, 3.05) is 32.8 Å². The molecule has 0 saturated carbocycles. The van der Waals surface area contributed by atoms with Crippen LogP contribution in [-0.2, 0) is 18.2 Å². The minimum Gasteiger partial charge on any atom is -0.321 e. The second-order valence-corrected chi connectivity index (χ2v) is 13.7. The summed E-state index contributed by atoms with van der Waals surface area (Å²) in [6.07, 6.45) is 14.0. The van der Waals surface area contributed by atoms with Crippen molar-refractivity contribution < 1.29 is 28.0 Å². The van der Waals surface area contributed by atoms with Crippen LogP contribution in [0.2, 0.25) is 0 Å². The Morgan fingerprint density at radius 3 is 1.33 bits per heavy atom. The van der Waals surface area contributed by atoms with E-state index in [2.05, 4.69) is 11.8 Å². The van der Waals surface area contributed by atoms with E-state index in [-0.39, 0.29) is 13.2 Å². The van der Waals surface area contributed by atoms with Crippen LogP contribution in [0.25, 0.3) is 0 Å². The molecular weight excluding hydrogens is 532 g/mol. The lowest BCUT2D eigenvalue weighted by Gasteiger charge is -2.23. The molecule has 0 aromatic heterocycles. The zero-order valence-electron chi connectivity index (χ0n) is 23.7. The van der Waals surface area contributed by atoms with E-state index in [9.17, 15) is 18.9 Å². The fourth-order valence-electron chi connectivity index (χ4n) is 4.49. The van der Waals surface area contributed by atoms with Gasteiger partial charge in [0.05, 0.1) is 23.8 Å². The van der Waals surface area contributed by atoms with E-state index < -0.39 is 15.2 Å². The average molecular weight is 582 g/mol. The highest BCUT2D eigenvalue weighted by Gasteiger charge is 2.23. The Hall–Kier alpha value is -1.30. The summed E-state index contributed by atoms with van der Waals surface area (Å²) < 4.78 is 35.8. The third-order valence-electron chi connectivity index (χ3n) is 6.76. The van der Waals surface area contributed by atoms with Crippen LogP contribution in [0.1, 0.15) is 84.0 Å². The van der Waals surface area contributed by atoms with E-state index in [0.29, 0.717) is 23.5 Å². The molecule has 2 atom stereocenters. The number of benzene rings is 2. The summed E-state index contributed by atoms with van der Waals surface area (Å²) >= 11 is 0. The van der Waals surface area contributed by atoms with Gasteiger partial charge < -0.3 is 23.7 Å². The van der Waals surface area contributed by atoms with Gasteiger partial charge in [0.25, 0.3) is 0 Å². The summed E-state index contributed by atoms with van der Waals surface area (Å²) in [5.41, 5.74) is 0. The van der Waals surface area contributed by atoms with Gasteiger partial charge in [-0.1, -0.05) is 101 Å². The van der Waals surface area contributed by atoms with Crippen LogP contribution in [-0.4, -0.2) is 47.5 Å². The molecule has 0 amide bonds. The van der Waals surface area contributed by atoms with Crippen molar-refractivity contribution >= 4 is 25.8 Å². The van der Waals surface area contributed by atoms with Gasteiger partial charge in [0.2, 0.25) is 0 Å². The van der Waals surface area contributed by atoms with E-state index in [1.807, 2.05) is 0 Å². The lowest BCUT2D eigenvalue weighted by Crippen LogP contribution is -2.29. The van der Waals surface area contributed by atoms with Crippen molar-refractivity contribution in [1.29, 1.82) is 0 Å². The number of unbranched alkanes of at least 4 members (excludes halogenated alkanes) is 9. The third-order valence-corrected chi connectivity index (χ3v) is 9.73. The summed E-state index contributed by atoms with van der Waals surface area (Å²) in [6, 6.07) is 16.9. The van der Waals surface area contributed by atoms with E-state index in [1.54, 1.807) is 60.7 Å². The van der Waals surface area contributed by atoms with Gasteiger partial charge in [0.15, 0.2) is 0 Å². The minimum absolute atomic E-state index is 0.188. The Morgan fingerprint density at radius 1 is 0.564 bits per heavy atom. The first-order valence-electron chi connectivity index (χ1n) is 14.6. The van der Waals surface area contributed by atoms with Crippen molar-refractivity contribution in [3.05, 3.63) is 60.7 Å². The molecule has 0 radical (unpaired) electrons. The molecule has 0 bridgehead atoms.